The number of aliphatic hydroxyl groups is 1. The molecule has 2 aromatic rings. The lowest BCUT2D eigenvalue weighted by molar-refractivity contribution is -0.0157. The lowest BCUT2D eigenvalue weighted by Gasteiger charge is -2.47. The summed E-state index contributed by atoms with van der Waals surface area (Å²) >= 11 is 0. The number of rotatable bonds is 1. The molecule has 2 aliphatic rings. The Morgan fingerprint density at radius 1 is 1.29 bits per heavy atom. The number of carbonyl (C=O) groups is 1. The number of carbonyl (C=O) groups excluding carboxylic acids is 1. The third-order valence-corrected chi connectivity index (χ3v) is 4.49. The molecule has 21 heavy (non-hydrogen) atoms. The van der Waals surface area contributed by atoms with E-state index in [0.29, 0.717) is 18.6 Å². The SMILES string of the molecule is O=C(c1nc2ncccn2n1)N1[C@@H]2CCC[C@H]1CC(O)C2. The zero-order valence-electron chi connectivity index (χ0n) is 11.6. The number of nitrogens with zero attached hydrogens (tertiary/aromatic N) is 5. The van der Waals surface area contributed by atoms with Crippen molar-refractivity contribution in [3.8, 4) is 0 Å². The maximum absolute atomic E-state index is 12.8. The smallest absolute Gasteiger partial charge is 0.294 e. The Kier molecular flexibility index (Phi) is 2.88. The Morgan fingerprint density at radius 2 is 2.05 bits per heavy atom. The van der Waals surface area contributed by atoms with Crippen LogP contribution in [0.25, 0.3) is 5.78 Å². The number of hydrogen-bond donors (Lipinski definition) is 1. The number of fused-ring (bicyclic) bond motifs is 3. The van der Waals surface area contributed by atoms with E-state index >= 15 is 0 Å². The van der Waals surface area contributed by atoms with Crippen molar-refractivity contribution in [3.63, 3.8) is 0 Å². The molecule has 4 heterocycles. The summed E-state index contributed by atoms with van der Waals surface area (Å²) in [7, 11) is 0. The molecule has 0 aromatic carbocycles. The molecule has 7 heteroatoms. The fourth-order valence-electron chi connectivity index (χ4n) is 3.62. The molecule has 0 saturated carbocycles. The molecule has 0 aliphatic carbocycles. The number of hydrogen-bond acceptors (Lipinski definition) is 5. The van der Waals surface area contributed by atoms with Gasteiger partial charge in [0.05, 0.1) is 6.10 Å². The van der Waals surface area contributed by atoms with Gasteiger partial charge in [-0.15, -0.1) is 5.10 Å². The van der Waals surface area contributed by atoms with E-state index < -0.39 is 0 Å². The van der Waals surface area contributed by atoms with E-state index in [9.17, 15) is 9.90 Å². The average Bonchev–Trinajstić information content (AvgIpc) is 2.89. The second-order valence-electron chi connectivity index (χ2n) is 5.88. The van der Waals surface area contributed by atoms with Gasteiger partial charge >= 0.3 is 0 Å². The van der Waals surface area contributed by atoms with Crippen molar-refractivity contribution < 1.29 is 9.90 Å². The number of amides is 1. The standard InChI is InChI=1S/C14H17N5O2/c20-11-7-9-3-1-4-10(8-11)19(9)13(21)12-16-14-15-5-2-6-18(14)17-12/h2,5-6,9-11,20H,1,3-4,7-8H2/t9-,10+,11?. The van der Waals surface area contributed by atoms with Crippen LogP contribution >= 0.6 is 0 Å². The Bertz CT molecular complexity index is 638. The topological polar surface area (TPSA) is 83.6 Å². The summed E-state index contributed by atoms with van der Waals surface area (Å²) in [6.45, 7) is 0. The molecule has 2 aromatic heterocycles. The van der Waals surface area contributed by atoms with Crippen molar-refractivity contribution >= 4 is 11.7 Å². The molecule has 1 amide bonds. The lowest BCUT2D eigenvalue weighted by Crippen LogP contribution is -2.56. The maximum atomic E-state index is 12.8. The fraction of sp³-hybridized carbons (Fsp3) is 0.571. The van der Waals surface area contributed by atoms with Gasteiger partial charge in [0.2, 0.25) is 5.82 Å². The Hall–Kier alpha value is -2.02. The van der Waals surface area contributed by atoms with E-state index in [2.05, 4.69) is 15.1 Å². The molecule has 3 atom stereocenters. The molecular weight excluding hydrogens is 270 g/mol. The van der Waals surface area contributed by atoms with Crippen LogP contribution in [0.1, 0.15) is 42.7 Å². The first-order valence-electron chi connectivity index (χ1n) is 7.40. The van der Waals surface area contributed by atoms with Gasteiger partial charge in [-0.2, -0.15) is 4.98 Å². The van der Waals surface area contributed by atoms with Gasteiger partial charge < -0.3 is 10.0 Å². The molecule has 2 saturated heterocycles. The summed E-state index contributed by atoms with van der Waals surface area (Å²) in [5.41, 5.74) is 0. The van der Waals surface area contributed by atoms with E-state index in [1.165, 1.54) is 4.52 Å². The van der Waals surface area contributed by atoms with E-state index in [-0.39, 0.29) is 29.9 Å². The summed E-state index contributed by atoms with van der Waals surface area (Å²) in [5, 5.41) is 14.1. The summed E-state index contributed by atoms with van der Waals surface area (Å²) in [6.07, 6.45) is 7.40. The summed E-state index contributed by atoms with van der Waals surface area (Å²) in [4.78, 5) is 23.0. The monoisotopic (exact) mass is 287 g/mol. The summed E-state index contributed by atoms with van der Waals surface area (Å²) in [5.74, 6) is 0.493. The van der Waals surface area contributed by atoms with Gasteiger partial charge in [-0.25, -0.2) is 9.50 Å². The Balaban J connectivity index is 1.67. The molecule has 4 rings (SSSR count). The molecule has 110 valence electrons. The van der Waals surface area contributed by atoms with E-state index in [0.717, 1.165) is 19.3 Å². The number of aliphatic hydroxyl groups excluding tert-OH is 1. The normalized spacial score (nSPS) is 28.8. The van der Waals surface area contributed by atoms with Crippen molar-refractivity contribution in [2.24, 2.45) is 0 Å². The Labute approximate surface area is 121 Å². The summed E-state index contributed by atoms with van der Waals surface area (Å²) in [6, 6.07) is 1.97. The second-order valence-corrected chi connectivity index (χ2v) is 5.88. The van der Waals surface area contributed by atoms with E-state index in [1.807, 2.05) is 4.90 Å². The highest BCUT2D eigenvalue weighted by Gasteiger charge is 2.41. The molecule has 7 nitrogen and oxygen atoms in total. The molecule has 2 aliphatic heterocycles. The number of aromatic nitrogens is 4. The van der Waals surface area contributed by atoms with Gasteiger partial charge in [0.25, 0.3) is 11.7 Å². The molecule has 2 fully saturated rings. The quantitative estimate of drug-likeness (QED) is 0.832. The van der Waals surface area contributed by atoms with Crippen LogP contribution in [0.15, 0.2) is 18.5 Å². The zero-order chi connectivity index (χ0) is 14.4. The van der Waals surface area contributed by atoms with Crippen LogP contribution in [0.5, 0.6) is 0 Å². The van der Waals surface area contributed by atoms with Crippen molar-refractivity contribution in [3.05, 3.63) is 24.3 Å². The van der Waals surface area contributed by atoms with Crippen LogP contribution in [-0.4, -0.2) is 53.7 Å². The summed E-state index contributed by atoms with van der Waals surface area (Å²) < 4.78 is 1.52. The van der Waals surface area contributed by atoms with Gasteiger partial charge in [-0.05, 0) is 38.2 Å². The van der Waals surface area contributed by atoms with Crippen molar-refractivity contribution in [1.29, 1.82) is 0 Å². The highest BCUT2D eigenvalue weighted by atomic mass is 16.3. The minimum Gasteiger partial charge on any atom is -0.393 e. The largest absolute Gasteiger partial charge is 0.393 e. The van der Waals surface area contributed by atoms with Crippen LogP contribution < -0.4 is 0 Å². The zero-order valence-corrected chi connectivity index (χ0v) is 11.6. The Morgan fingerprint density at radius 3 is 2.76 bits per heavy atom. The van der Waals surface area contributed by atoms with Crippen molar-refractivity contribution in [2.45, 2.75) is 50.3 Å². The molecule has 2 bridgehead atoms. The third kappa shape index (κ3) is 2.08. The first-order chi connectivity index (χ1) is 10.2. The van der Waals surface area contributed by atoms with E-state index in [4.69, 9.17) is 0 Å². The average molecular weight is 287 g/mol. The minimum absolute atomic E-state index is 0.111. The maximum Gasteiger partial charge on any atom is 0.294 e. The third-order valence-electron chi connectivity index (χ3n) is 4.49. The molecule has 1 unspecified atom stereocenters. The van der Waals surface area contributed by atoms with Crippen LogP contribution in [0.3, 0.4) is 0 Å². The highest BCUT2D eigenvalue weighted by molar-refractivity contribution is 5.91. The van der Waals surface area contributed by atoms with Crippen LogP contribution in [0, 0.1) is 0 Å². The first-order valence-corrected chi connectivity index (χ1v) is 7.40. The lowest BCUT2D eigenvalue weighted by atomic mass is 9.83. The molecule has 0 spiro atoms. The fourth-order valence-corrected chi connectivity index (χ4v) is 3.62. The highest BCUT2D eigenvalue weighted by Crippen LogP contribution is 2.34. The van der Waals surface area contributed by atoms with Gasteiger partial charge in [-0.3, -0.25) is 4.79 Å². The van der Waals surface area contributed by atoms with Gasteiger partial charge in [0.1, 0.15) is 0 Å². The predicted molar refractivity (Wildman–Crippen MR) is 73.6 cm³/mol. The van der Waals surface area contributed by atoms with Crippen molar-refractivity contribution in [2.75, 3.05) is 0 Å². The van der Waals surface area contributed by atoms with Crippen molar-refractivity contribution in [1.82, 2.24) is 24.5 Å². The second kappa shape index (κ2) is 4.77. The van der Waals surface area contributed by atoms with Crippen LogP contribution in [-0.2, 0) is 0 Å². The van der Waals surface area contributed by atoms with Crippen LogP contribution in [0.2, 0.25) is 0 Å². The van der Waals surface area contributed by atoms with Crippen LogP contribution in [0.4, 0.5) is 0 Å². The van der Waals surface area contributed by atoms with Gasteiger partial charge in [-0.1, -0.05) is 0 Å². The van der Waals surface area contributed by atoms with Gasteiger partial charge in [0.15, 0.2) is 0 Å². The molecule has 0 radical (unpaired) electrons. The van der Waals surface area contributed by atoms with E-state index in [1.54, 1.807) is 18.5 Å². The number of piperidine rings is 2. The molecular formula is C14H17N5O2. The first kappa shape index (κ1) is 12.7. The minimum atomic E-state index is -0.292. The molecule has 1 N–H and O–H groups in total. The predicted octanol–water partition coefficient (Wildman–Crippen LogP) is 0.642. The van der Waals surface area contributed by atoms with Gasteiger partial charge in [0, 0.05) is 24.5 Å².